The van der Waals surface area contributed by atoms with E-state index in [9.17, 15) is 0 Å². The molecular formula is C14H29NO. The molecule has 0 radical (unpaired) electrons. The molecule has 1 atom stereocenters. The highest BCUT2D eigenvalue weighted by atomic mass is 16.5. The van der Waals surface area contributed by atoms with E-state index in [0.717, 1.165) is 19.5 Å². The van der Waals surface area contributed by atoms with Crippen LogP contribution in [0.2, 0.25) is 0 Å². The summed E-state index contributed by atoms with van der Waals surface area (Å²) in [6.45, 7) is 8.79. The maximum atomic E-state index is 6.31. The van der Waals surface area contributed by atoms with Gasteiger partial charge in [-0.2, -0.15) is 0 Å². The van der Waals surface area contributed by atoms with Crippen LogP contribution >= 0.6 is 0 Å². The molecule has 1 fully saturated rings. The van der Waals surface area contributed by atoms with Crippen molar-refractivity contribution < 1.29 is 4.74 Å². The lowest BCUT2D eigenvalue weighted by molar-refractivity contribution is -0.0951. The number of ether oxygens (including phenoxy) is 1. The lowest BCUT2D eigenvalue weighted by Crippen LogP contribution is -2.43. The monoisotopic (exact) mass is 227 g/mol. The van der Waals surface area contributed by atoms with Gasteiger partial charge in [-0.3, -0.25) is 0 Å². The minimum Gasteiger partial charge on any atom is -0.371 e. The molecule has 1 aliphatic carbocycles. The van der Waals surface area contributed by atoms with E-state index in [2.05, 4.69) is 26.1 Å². The van der Waals surface area contributed by atoms with Gasteiger partial charge in [0.15, 0.2) is 0 Å². The molecule has 2 nitrogen and oxygen atoms in total. The Balaban J connectivity index is 2.32. The van der Waals surface area contributed by atoms with Gasteiger partial charge in [0.05, 0.1) is 11.7 Å². The molecule has 0 heterocycles. The van der Waals surface area contributed by atoms with E-state index in [4.69, 9.17) is 4.74 Å². The molecule has 2 heteroatoms. The van der Waals surface area contributed by atoms with E-state index in [1.54, 1.807) is 0 Å². The largest absolute Gasteiger partial charge is 0.371 e. The highest BCUT2D eigenvalue weighted by Crippen LogP contribution is 2.26. The van der Waals surface area contributed by atoms with E-state index >= 15 is 0 Å². The van der Waals surface area contributed by atoms with Crippen molar-refractivity contribution in [2.75, 3.05) is 13.1 Å². The minimum atomic E-state index is 0.0389. The first-order valence-corrected chi connectivity index (χ1v) is 7.08. The first kappa shape index (κ1) is 14.0. The van der Waals surface area contributed by atoms with Crippen LogP contribution in [0, 0.1) is 0 Å². The van der Waals surface area contributed by atoms with Gasteiger partial charge >= 0.3 is 0 Å². The second-order valence-electron chi connectivity index (χ2n) is 5.36. The van der Waals surface area contributed by atoms with Crippen molar-refractivity contribution in [3.8, 4) is 0 Å². The molecule has 0 aliphatic heterocycles. The summed E-state index contributed by atoms with van der Waals surface area (Å²) in [6, 6.07) is 0. The first-order chi connectivity index (χ1) is 7.70. The van der Waals surface area contributed by atoms with Crippen molar-refractivity contribution >= 4 is 0 Å². The second kappa shape index (κ2) is 7.29. The quantitative estimate of drug-likeness (QED) is 0.672. The first-order valence-electron chi connectivity index (χ1n) is 7.08. The van der Waals surface area contributed by atoms with Crippen LogP contribution in [-0.4, -0.2) is 24.8 Å². The van der Waals surface area contributed by atoms with Crippen molar-refractivity contribution in [1.82, 2.24) is 5.32 Å². The van der Waals surface area contributed by atoms with Crippen molar-refractivity contribution in [3.63, 3.8) is 0 Å². The van der Waals surface area contributed by atoms with Crippen molar-refractivity contribution in [3.05, 3.63) is 0 Å². The Kier molecular flexibility index (Phi) is 6.37. The Morgan fingerprint density at radius 2 is 1.88 bits per heavy atom. The molecule has 0 aromatic carbocycles. The normalized spacial score (nSPS) is 21.9. The second-order valence-corrected chi connectivity index (χ2v) is 5.36. The Hall–Kier alpha value is -0.0800. The van der Waals surface area contributed by atoms with Gasteiger partial charge in [0.2, 0.25) is 0 Å². The fourth-order valence-electron chi connectivity index (χ4n) is 2.36. The Labute approximate surface area is 101 Å². The topological polar surface area (TPSA) is 21.3 Å². The standard InChI is InChI=1S/C14H29NO/c1-4-11-15-12-14(3,5-2)16-13-9-7-6-8-10-13/h13,15H,4-12H2,1-3H3. The molecular weight excluding hydrogens is 198 g/mol. The lowest BCUT2D eigenvalue weighted by atomic mass is 9.95. The third-order valence-electron chi connectivity index (χ3n) is 3.68. The van der Waals surface area contributed by atoms with Gasteiger partial charge in [-0.15, -0.1) is 0 Å². The van der Waals surface area contributed by atoms with Gasteiger partial charge in [-0.05, 0) is 39.2 Å². The molecule has 96 valence electrons. The Morgan fingerprint density at radius 3 is 2.44 bits per heavy atom. The predicted octanol–water partition coefficient (Wildman–Crippen LogP) is 3.50. The summed E-state index contributed by atoms with van der Waals surface area (Å²) in [5, 5.41) is 3.49. The summed E-state index contributed by atoms with van der Waals surface area (Å²) < 4.78 is 6.31. The molecule has 0 amide bonds. The molecule has 1 aliphatic rings. The zero-order valence-corrected chi connectivity index (χ0v) is 11.3. The fraction of sp³-hybridized carbons (Fsp3) is 1.00. The number of nitrogens with one attached hydrogen (secondary N) is 1. The van der Waals surface area contributed by atoms with Crippen LogP contribution in [0.4, 0.5) is 0 Å². The van der Waals surface area contributed by atoms with Crippen LogP contribution in [0.1, 0.15) is 65.7 Å². The van der Waals surface area contributed by atoms with Crippen molar-refractivity contribution in [2.24, 2.45) is 0 Å². The molecule has 1 rings (SSSR count). The molecule has 16 heavy (non-hydrogen) atoms. The average Bonchev–Trinajstić information content (AvgIpc) is 2.31. The minimum absolute atomic E-state index is 0.0389. The number of rotatable bonds is 7. The number of hydrogen-bond donors (Lipinski definition) is 1. The third kappa shape index (κ3) is 4.84. The lowest BCUT2D eigenvalue weighted by Gasteiger charge is -2.35. The summed E-state index contributed by atoms with van der Waals surface area (Å²) >= 11 is 0. The van der Waals surface area contributed by atoms with Crippen LogP contribution in [-0.2, 0) is 4.74 Å². The van der Waals surface area contributed by atoms with Gasteiger partial charge < -0.3 is 10.1 Å². The Morgan fingerprint density at radius 1 is 1.19 bits per heavy atom. The zero-order valence-electron chi connectivity index (χ0n) is 11.3. The summed E-state index contributed by atoms with van der Waals surface area (Å²) in [4.78, 5) is 0. The third-order valence-corrected chi connectivity index (χ3v) is 3.68. The van der Waals surface area contributed by atoms with Crippen molar-refractivity contribution in [1.29, 1.82) is 0 Å². The van der Waals surface area contributed by atoms with E-state index in [0.29, 0.717) is 6.10 Å². The van der Waals surface area contributed by atoms with E-state index in [1.807, 2.05) is 0 Å². The fourth-order valence-corrected chi connectivity index (χ4v) is 2.36. The molecule has 1 saturated carbocycles. The highest BCUT2D eigenvalue weighted by Gasteiger charge is 2.27. The van der Waals surface area contributed by atoms with Gasteiger partial charge in [0, 0.05) is 6.54 Å². The van der Waals surface area contributed by atoms with Crippen molar-refractivity contribution in [2.45, 2.75) is 77.4 Å². The van der Waals surface area contributed by atoms with Crippen LogP contribution in [0.15, 0.2) is 0 Å². The van der Waals surface area contributed by atoms with Crippen LogP contribution in [0.25, 0.3) is 0 Å². The van der Waals surface area contributed by atoms with Crippen LogP contribution in [0.5, 0.6) is 0 Å². The summed E-state index contributed by atoms with van der Waals surface area (Å²) in [6.07, 6.45) is 9.45. The maximum absolute atomic E-state index is 6.31. The molecule has 0 spiro atoms. The average molecular weight is 227 g/mol. The van der Waals surface area contributed by atoms with Gasteiger partial charge in [-0.25, -0.2) is 0 Å². The maximum Gasteiger partial charge on any atom is 0.0779 e. The molecule has 1 unspecified atom stereocenters. The van der Waals surface area contributed by atoms with E-state index in [1.165, 1.54) is 38.5 Å². The summed E-state index contributed by atoms with van der Waals surface area (Å²) in [5.74, 6) is 0. The van der Waals surface area contributed by atoms with Gasteiger partial charge in [-0.1, -0.05) is 33.1 Å². The van der Waals surface area contributed by atoms with E-state index in [-0.39, 0.29) is 5.60 Å². The van der Waals surface area contributed by atoms with Crippen LogP contribution < -0.4 is 5.32 Å². The summed E-state index contributed by atoms with van der Waals surface area (Å²) in [5.41, 5.74) is 0.0389. The van der Waals surface area contributed by atoms with Crippen LogP contribution in [0.3, 0.4) is 0 Å². The summed E-state index contributed by atoms with van der Waals surface area (Å²) in [7, 11) is 0. The highest BCUT2D eigenvalue weighted by molar-refractivity contribution is 4.79. The zero-order chi connectivity index (χ0) is 11.9. The van der Waals surface area contributed by atoms with Gasteiger partial charge in [0.1, 0.15) is 0 Å². The Bertz CT molecular complexity index is 178. The molecule has 0 aromatic rings. The molecule has 0 bridgehead atoms. The predicted molar refractivity (Wildman–Crippen MR) is 69.8 cm³/mol. The number of hydrogen-bond acceptors (Lipinski definition) is 2. The SMILES string of the molecule is CCCNCC(C)(CC)OC1CCCCC1. The molecule has 0 saturated heterocycles. The van der Waals surface area contributed by atoms with E-state index < -0.39 is 0 Å². The smallest absolute Gasteiger partial charge is 0.0779 e. The molecule has 0 aromatic heterocycles. The molecule has 1 N–H and O–H groups in total. The van der Waals surface area contributed by atoms with Gasteiger partial charge in [0.25, 0.3) is 0 Å².